The number of para-hydroxylation sites is 2. The summed E-state index contributed by atoms with van der Waals surface area (Å²) in [5.41, 5.74) is 3.77. The lowest BCUT2D eigenvalue weighted by Gasteiger charge is -2.35. The average molecular weight is 695 g/mol. The lowest BCUT2D eigenvalue weighted by molar-refractivity contribution is -0.165. The lowest BCUT2D eigenvalue weighted by Crippen LogP contribution is -2.39. The number of carboxylic acids is 2. The van der Waals surface area contributed by atoms with Gasteiger partial charge in [-0.2, -0.15) is 0 Å². The number of ether oxygens (including phenoxy) is 1. The molecule has 49 heavy (non-hydrogen) atoms. The minimum atomic E-state index is -2.27. The second kappa shape index (κ2) is 18.1. The van der Waals surface area contributed by atoms with Crippen molar-refractivity contribution in [1.29, 1.82) is 0 Å². The number of fused-ring (bicyclic) bond motifs is 3. The molecule has 13 heteroatoms. The molecule has 2 heterocycles. The van der Waals surface area contributed by atoms with Gasteiger partial charge in [-0.3, -0.25) is 0 Å². The molecule has 3 aromatic carbocycles. The minimum Gasteiger partial charge on any atom is -0.504 e. The number of aliphatic carboxylic acids is 2. The van der Waals surface area contributed by atoms with Gasteiger partial charge in [-0.25, -0.2) is 14.4 Å². The highest BCUT2D eigenvalue weighted by Gasteiger charge is 2.29. The summed E-state index contributed by atoms with van der Waals surface area (Å²) < 4.78 is 10.4. The van der Waals surface area contributed by atoms with E-state index in [-0.39, 0.29) is 5.75 Å². The summed E-state index contributed by atoms with van der Waals surface area (Å²) in [7, 11) is 4.29. The Kier molecular flexibility index (Phi) is 14.3. The smallest absolute Gasteiger partial charge is 0.336 e. The van der Waals surface area contributed by atoms with Crippen LogP contribution in [0.4, 0.5) is 11.4 Å². The maximum Gasteiger partial charge on any atom is 0.336 e. The summed E-state index contributed by atoms with van der Waals surface area (Å²) in [6, 6.07) is 23.4. The second-order valence-corrected chi connectivity index (χ2v) is 12.9. The highest BCUT2D eigenvalue weighted by molar-refractivity contribution is 7.99. The van der Waals surface area contributed by atoms with E-state index in [1.807, 2.05) is 31.7 Å². The number of carboxylic acid groups (broad SMARTS) is 2. The Hall–Kier alpha value is -4.82. The van der Waals surface area contributed by atoms with Crippen LogP contribution in [0, 0.1) is 5.92 Å². The summed E-state index contributed by atoms with van der Waals surface area (Å²) in [6.07, 6.45) is -2.64. The van der Waals surface area contributed by atoms with Gasteiger partial charge < -0.3 is 44.5 Å². The zero-order chi connectivity index (χ0) is 36.2. The third-order valence-electron chi connectivity index (χ3n) is 6.94. The first-order valence-corrected chi connectivity index (χ1v) is 16.1. The van der Waals surface area contributed by atoms with Gasteiger partial charge in [-0.15, -0.1) is 0 Å². The standard InChI is InChI=1S/C18H22N2S.C14H14O4.C4H6O6/c1-14(12-19(2)3)13-20-15-8-4-6-10-17(15)21-18-11-7-5-9-16(18)20;1-9(2)5-6-17-13-8-12-10(7-11(13)15)3-4-14(16)18-12;5-1(3(7)8)2(6)4(9)10/h4-11,14H,12-13H2,1-3H3;3-5,7-8,15H,6H2,1-2H3;1-2,5-6H,(H,7,8)(H,9,10). The molecule has 0 amide bonds. The van der Waals surface area contributed by atoms with Gasteiger partial charge in [0.1, 0.15) is 12.2 Å². The molecule has 5 rings (SSSR count). The molecule has 1 aliphatic heterocycles. The Bertz CT molecular complexity index is 1760. The number of aromatic hydroxyl groups is 1. The van der Waals surface area contributed by atoms with Crippen LogP contribution in [0.5, 0.6) is 11.5 Å². The number of benzene rings is 3. The van der Waals surface area contributed by atoms with Crippen molar-refractivity contribution in [3.63, 3.8) is 0 Å². The van der Waals surface area contributed by atoms with Gasteiger partial charge in [0.25, 0.3) is 0 Å². The van der Waals surface area contributed by atoms with Gasteiger partial charge >= 0.3 is 17.6 Å². The van der Waals surface area contributed by atoms with E-state index in [2.05, 4.69) is 79.3 Å². The molecule has 5 N–H and O–H groups in total. The fourth-order valence-corrected chi connectivity index (χ4v) is 5.83. The number of rotatable bonds is 10. The summed E-state index contributed by atoms with van der Waals surface area (Å²) in [4.78, 5) is 38.1. The van der Waals surface area contributed by atoms with E-state index in [4.69, 9.17) is 29.6 Å². The highest BCUT2D eigenvalue weighted by Crippen LogP contribution is 2.48. The Morgan fingerprint density at radius 2 is 1.47 bits per heavy atom. The molecule has 0 spiro atoms. The molecule has 0 saturated carbocycles. The predicted octanol–water partition coefficient (Wildman–Crippen LogP) is 5.21. The van der Waals surface area contributed by atoms with Crippen LogP contribution in [-0.2, 0) is 9.59 Å². The predicted molar refractivity (Wildman–Crippen MR) is 188 cm³/mol. The van der Waals surface area contributed by atoms with Crippen molar-refractivity contribution in [2.24, 2.45) is 5.92 Å². The Morgan fingerprint density at radius 3 is 1.98 bits per heavy atom. The highest BCUT2D eigenvalue weighted by atomic mass is 32.2. The summed E-state index contributed by atoms with van der Waals surface area (Å²) in [5, 5.41) is 43.0. The number of phenolic OH excluding ortho intramolecular Hbond substituents is 1. The maximum atomic E-state index is 11.1. The molecular weight excluding hydrogens is 652 g/mol. The first-order valence-electron chi connectivity index (χ1n) is 15.3. The molecule has 4 aromatic rings. The summed E-state index contributed by atoms with van der Waals surface area (Å²) in [6.45, 7) is 8.76. The monoisotopic (exact) mass is 694 g/mol. The summed E-state index contributed by atoms with van der Waals surface area (Å²) in [5.74, 6) is -2.60. The first-order chi connectivity index (χ1) is 23.2. The SMILES string of the molecule is CC(C)=CCOc1cc2oc(=O)ccc2cc1O.CC(CN(C)C)CN1c2ccccc2Sc2ccccc21.O=C(O)C(O)C(O)C(=O)O. The Morgan fingerprint density at radius 1 is 0.918 bits per heavy atom. The number of anilines is 2. The van der Waals surface area contributed by atoms with Gasteiger partial charge in [0.05, 0.1) is 11.4 Å². The van der Waals surface area contributed by atoms with Crippen LogP contribution < -0.4 is 15.3 Å². The van der Waals surface area contributed by atoms with Crippen molar-refractivity contribution in [2.75, 3.05) is 38.7 Å². The van der Waals surface area contributed by atoms with Crippen molar-refractivity contribution in [2.45, 2.75) is 42.8 Å². The molecule has 3 atom stereocenters. The largest absolute Gasteiger partial charge is 0.504 e. The Labute approximate surface area is 288 Å². The summed E-state index contributed by atoms with van der Waals surface area (Å²) >= 11 is 1.88. The van der Waals surface area contributed by atoms with Crippen molar-refractivity contribution >= 4 is 46.0 Å². The van der Waals surface area contributed by atoms with Gasteiger partial charge in [-0.1, -0.05) is 48.5 Å². The minimum absolute atomic E-state index is 0.0264. The Balaban J connectivity index is 0.000000212. The molecule has 3 unspecified atom stereocenters. The van der Waals surface area contributed by atoms with E-state index in [9.17, 15) is 19.5 Å². The number of aliphatic hydroxyl groups excluding tert-OH is 2. The van der Waals surface area contributed by atoms with Crippen LogP contribution in [0.2, 0.25) is 0 Å². The zero-order valence-corrected chi connectivity index (χ0v) is 28.8. The number of carbonyl (C=O) groups is 2. The number of nitrogens with zero attached hydrogens (tertiary/aromatic N) is 2. The fraction of sp³-hybridized carbons (Fsp3) is 0.306. The first kappa shape index (κ1) is 38.6. The lowest BCUT2D eigenvalue weighted by atomic mass is 10.1. The molecule has 0 saturated heterocycles. The molecule has 1 aromatic heterocycles. The van der Waals surface area contributed by atoms with E-state index in [0.29, 0.717) is 29.2 Å². The van der Waals surface area contributed by atoms with Crippen LogP contribution in [0.25, 0.3) is 11.0 Å². The normalized spacial score (nSPS) is 13.3. The van der Waals surface area contributed by atoms with E-state index in [1.54, 1.807) is 6.07 Å². The van der Waals surface area contributed by atoms with Gasteiger partial charge in [-0.05, 0) is 76.3 Å². The molecule has 0 bridgehead atoms. The molecule has 0 aliphatic carbocycles. The average Bonchev–Trinajstić information content (AvgIpc) is 3.04. The second-order valence-electron chi connectivity index (χ2n) is 11.8. The van der Waals surface area contributed by atoms with Gasteiger partial charge in [0.2, 0.25) is 0 Å². The van der Waals surface area contributed by atoms with E-state index >= 15 is 0 Å². The van der Waals surface area contributed by atoms with Gasteiger partial charge in [0.15, 0.2) is 23.7 Å². The zero-order valence-electron chi connectivity index (χ0n) is 27.9. The molecule has 262 valence electrons. The number of aliphatic hydroxyl groups is 2. The van der Waals surface area contributed by atoms with Gasteiger partial charge in [0, 0.05) is 40.4 Å². The number of phenols is 1. The quantitative estimate of drug-likeness (QED) is 0.108. The van der Waals surface area contributed by atoms with Crippen LogP contribution in [0.1, 0.15) is 20.8 Å². The van der Waals surface area contributed by atoms with Crippen molar-refractivity contribution in [3.05, 3.63) is 94.9 Å². The fourth-order valence-electron chi connectivity index (χ4n) is 4.74. The van der Waals surface area contributed by atoms with E-state index in [1.165, 1.54) is 39.4 Å². The van der Waals surface area contributed by atoms with Crippen LogP contribution in [0.15, 0.2) is 103 Å². The molecular formula is C36H42N2O10S. The molecule has 0 radical (unpaired) electrons. The topological polar surface area (TPSA) is 181 Å². The van der Waals surface area contributed by atoms with Crippen molar-refractivity contribution in [3.8, 4) is 11.5 Å². The van der Waals surface area contributed by atoms with E-state index < -0.39 is 29.8 Å². The number of allylic oxidation sites excluding steroid dienone is 1. The van der Waals surface area contributed by atoms with Crippen LogP contribution >= 0.6 is 11.8 Å². The van der Waals surface area contributed by atoms with Crippen LogP contribution in [-0.4, -0.2) is 88.4 Å². The maximum absolute atomic E-state index is 11.1. The van der Waals surface area contributed by atoms with E-state index in [0.717, 1.165) is 18.7 Å². The molecule has 0 fully saturated rings. The molecule has 1 aliphatic rings. The third kappa shape index (κ3) is 11.4. The number of hydrogen-bond acceptors (Lipinski definition) is 11. The van der Waals surface area contributed by atoms with Crippen molar-refractivity contribution < 1.29 is 44.3 Å². The van der Waals surface area contributed by atoms with Crippen LogP contribution in [0.3, 0.4) is 0 Å². The number of hydrogen-bond donors (Lipinski definition) is 5. The third-order valence-corrected chi connectivity index (χ3v) is 8.07. The molecule has 12 nitrogen and oxygen atoms in total. The van der Waals surface area contributed by atoms with Crippen molar-refractivity contribution in [1.82, 2.24) is 4.90 Å².